The van der Waals surface area contributed by atoms with Crippen molar-refractivity contribution in [1.29, 1.82) is 0 Å². The van der Waals surface area contributed by atoms with Gasteiger partial charge >= 0.3 is 0 Å². The fraction of sp³-hybridized carbons (Fsp3) is 0.833. The monoisotopic (exact) mass is 627 g/mol. The van der Waals surface area contributed by atoms with E-state index in [9.17, 15) is 9.46 Å². The number of hydrogen-bond donors (Lipinski definition) is 2. The van der Waals surface area contributed by atoms with E-state index in [2.05, 4.69) is 21.9 Å². The van der Waals surface area contributed by atoms with Crippen LogP contribution in [0.3, 0.4) is 0 Å². The predicted molar refractivity (Wildman–Crippen MR) is 170 cm³/mol. The van der Waals surface area contributed by atoms with Gasteiger partial charge in [-0.1, -0.05) is 103 Å². The summed E-state index contributed by atoms with van der Waals surface area (Å²) in [6.07, 6.45) is 21.5. The molecule has 0 aromatic carbocycles. The zero-order chi connectivity index (χ0) is 31.2. The third kappa shape index (κ3) is 16.7. The average Bonchev–Trinajstić information content (AvgIpc) is 3.37. The maximum absolute atomic E-state index is 12.3. The van der Waals surface area contributed by atoms with E-state index in [1.165, 1.54) is 103 Å². The number of rotatable bonds is 28. The van der Waals surface area contributed by atoms with Crippen molar-refractivity contribution in [1.82, 2.24) is 19.5 Å². The number of nitrogen functional groups attached to an aromatic ring is 2. The fourth-order valence-corrected chi connectivity index (χ4v) is 5.82. The molecule has 1 unspecified atom stereocenters. The lowest BCUT2D eigenvalue weighted by Gasteiger charge is -2.26. The van der Waals surface area contributed by atoms with E-state index in [-0.39, 0.29) is 38.1 Å². The highest BCUT2D eigenvalue weighted by molar-refractivity contribution is 7.51. The number of hydrogen-bond acceptors (Lipinski definition) is 11. The number of anilines is 2. The van der Waals surface area contributed by atoms with Crippen LogP contribution in [-0.4, -0.2) is 65.5 Å². The van der Waals surface area contributed by atoms with Crippen LogP contribution < -0.4 is 16.4 Å². The van der Waals surface area contributed by atoms with Crippen LogP contribution in [0.2, 0.25) is 0 Å². The van der Waals surface area contributed by atoms with Gasteiger partial charge < -0.3 is 44.2 Å². The molecular weight excluding hydrogens is 571 g/mol. The Morgan fingerprint density at radius 1 is 0.860 bits per heavy atom. The van der Waals surface area contributed by atoms with Gasteiger partial charge in [0.2, 0.25) is 5.95 Å². The topological polar surface area (TPSA) is 173 Å². The summed E-state index contributed by atoms with van der Waals surface area (Å²) < 4.78 is 35.4. The molecular formula is C30H56N6O6P-. The molecule has 0 saturated heterocycles. The smallest absolute Gasteiger partial charge is 0.224 e. The van der Waals surface area contributed by atoms with Crippen molar-refractivity contribution >= 4 is 30.5 Å². The summed E-state index contributed by atoms with van der Waals surface area (Å²) in [4.78, 5) is 24.6. The molecule has 2 atom stereocenters. The number of unbranched alkanes of at least 4 members (excludes halogenated alkanes) is 15. The van der Waals surface area contributed by atoms with Crippen molar-refractivity contribution in [3.8, 4) is 0 Å². The molecule has 0 amide bonds. The Balaban J connectivity index is 1.45. The number of aromatic nitrogens is 4. The molecule has 4 N–H and O–H groups in total. The van der Waals surface area contributed by atoms with E-state index in [0.717, 1.165) is 12.8 Å². The summed E-state index contributed by atoms with van der Waals surface area (Å²) in [5, 5.41) is 0. The van der Waals surface area contributed by atoms with E-state index in [1.807, 2.05) is 0 Å². The van der Waals surface area contributed by atoms with Crippen LogP contribution in [0.5, 0.6) is 0 Å². The molecule has 0 bridgehead atoms. The summed E-state index contributed by atoms with van der Waals surface area (Å²) >= 11 is 0. The molecule has 0 aliphatic carbocycles. The summed E-state index contributed by atoms with van der Waals surface area (Å²) in [6, 6.07) is 0. The minimum absolute atomic E-state index is 0.0189. The van der Waals surface area contributed by atoms with E-state index < -0.39 is 20.0 Å². The standard InChI is InChI=1S/C30H57N6O6P/c1-3-4-5-6-7-8-9-10-11-12-13-14-15-16-17-18-19-40-20-21-42-43(37,38)25-41-26(23-39-2)22-36-24-33-27-28(31)34-30(32)35-29(27)36/h24,26H,3-23,25H2,1-2H3,(H,37,38)(H4,31,32,34,35)/p-1/t26-/m1/s1. The molecule has 2 aromatic heterocycles. The number of nitrogens with zero attached hydrogens (tertiary/aromatic N) is 4. The molecule has 43 heavy (non-hydrogen) atoms. The van der Waals surface area contributed by atoms with Gasteiger partial charge in [0.1, 0.15) is 11.9 Å². The van der Waals surface area contributed by atoms with Crippen molar-refractivity contribution < 1.29 is 28.2 Å². The second-order valence-corrected chi connectivity index (χ2v) is 13.0. The first kappa shape index (κ1) is 37.4. The molecule has 2 rings (SSSR count). The fourth-order valence-electron chi connectivity index (χ4n) is 5.00. The Hall–Kier alpha value is -1.82. The Kier molecular flexibility index (Phi) is 19.7. The molecule has 2 aromatic rings. The van der Waals surface area contributed by atoms with Gasteiger partial charge in [-0.05, 0) is 6.42 Å². The third-order valence-electron chi connectivity index (χ3n) is 7.39. The largest absolute Gasteiger partial charge is 0.777 e. The minimum atomic E-state index is -4.22. The van der Waals surface area contributed by atoms with Crippen LogP contribution in [0.4, 0.5) is 11.8 Å². The molecule has 0 spiro atoms. The van der Waals surface area contributed by atoms with Crippen molar-refractivity contribution in [2.24, 2.45) is 0 Å². The number of imidazole rings is 1. The first-order valence-corrected chi connectivity index (χ1v) is 18.0. The van der Waals surface area contributed by atoms with E-state index in [1.54, 1.807) is 4.57 Å². The molecule has 0 aliphatic heterocycles. The van der Waals surface area contributed by atoms with Crippen LogP contribution in [-0.2, 0) is 29.8 Å². The number of ether oxygens (including phenoxy) is 3. The molecule has 0 radical (unpaired) electrons. The molecule has 0 aliphatic rings. The van der Waals surface area contributed by atoms with Crippen molar-refractivity contribution in [3.05, 3.63) is 6.33 Å². The second-order valence-electron chi connectivity index (χ2n) is 11.3. The predicted octanol–water partition coefficient (Wildman–Crippen LogP) is 5.83. The molecule has 12 nitrogen and oxygen atoms in total. The lowest BCUT2D eigenvalue weighted by atomic mass is 10.0. The normalized spacial score (nSPS) is 13.9. The summed E-state index contributed by atoms with van der Waals surface area (Å²) in [5.74, 6) is 0.186. The van der Waals surface area contributed by atoms with Crippen LogP contribution >= 0.6 is 7.60 Å². The third-order valence-corrected chi connectivity index (χ3v) is 8.43. The maximum Gasteiger partial charge on any atom is 0.224 e. The van der Waals surface area contributed by atoms with E-state index >= 15 is 0 Å². The molecule has 0 saturated carbocycles. The van der Waals surface area contributed by atoms with Gasteiger partial charge in [0.05, 0.1) is 38.8 Å². The van der Waals surface area contributed by atoms with E-state index in [4.69, 9.17) is 30.2 Å². The second kappa shape index (κ2) is 22.7. The molecule has 248 valence electrons. The van der Waals surface area contributed by atoms with Crippen LogP contribution in [0.25, 0.3) is 11.2 Å². The van der Waals surface area contributed by atoms with Crippen LogP contribution in [0.15, 0.2) is 6.33 Å². The number of fused-ring (bicyclic) bond motifs is 1. The maximum atomic E-state index is 12.3. The Morgan fingerprint density at radius 2 is 1.44 bits per heavy atom. The lowest BCUT2D eigenvalue weighted by Crippen LogP contribution is -2.27. The molecule has 0 fully saturated rings. The zero-order valence-electron chi connectivity index (χ0n) is 26.6. The van der Waals surface area contributed by atoms with Crippen LogP contribution in [0, 0.1) is 0 Å². The highest BCUT2D eigenvalue weighted by atomic mass is 31.2. The SMILES string of the molecule is CCCCCCCCCCCCCCCCCCOCCOP(=O)([O-])CO[C@@H](COC)Cn1cnc2c(N)nc(N)nc21. The Morgan fingerprint density at radius 3 is 2.02 bits per heavy atom. The van der Waals surface area contributed by atoms with Gasteiger partial charge in [-0.2, -0.15) is 9.97 Å². The quantitative estimate of drug-likeness (QED) is 0.0858. The minimum Gasteiger partial charge on any atom is -0.777 e. The number of nitrogens with two attached hydrogens (primary N) is 2. The van der Waals surface area contributed by atoms with Gasteiger partial charge in [-0.3, -0.25) is 0 Å². The Labute approximate surface area is 258 Å². The highest BCUT2D eigenvalue weighted by Gasteiger charge is 2.18. The first-order chi connectivity index (χ1) is 20.9. The van der Waals surface area contributed by atoms with Gasteiger partial charge in [0, 0.05) is 13.7 Å². The average molecular weight is 628 g/mol. The number of methoxy groups -OCH3 is 1. The first-order valence-electron chi connectivity index (χ1n) is 16.2. The zero-order valence-corrected chi connectivity index (χ0v) is 27.4. The van der Waals surface area contributed by atoms with Gasteiger partial charge in [-0.25, -0.2) is 4.98 Å². The van der Waals surface area contributed by atoms with Gasteiger partial charge in [0.25, 0.3) is 0 Å². The van der Waals surface area contributed by atoms with Gasteiger partial charge in [0.15, 0.2) is 19.1 Å². The summed E-state index contributed by atoms with van der Waals surface area (Å²) in [6.45, 7) is 3.43. The van der Waals surface area contributed by atoms with Crippen molar-refractivity contribution in [3.63, 3.8) is 0 Å². The van der Waals surface area contributed by atoms with Crippen molar-refractivity contribution in [2.45, 2.75) is 122 Å². The Bertz CT molecular complexity index is 1040. The van der Waals surface area contributed by atoms with Crippen molar-refractivity contribution in [2.75, 3.05) is 51.4 Å². The summed E-state index contributed by atoms with van der Waals surface area (Å²) in [7, 11) is -2.71. The van der Waals surface area contributed by atoms with Crippen LogP contribution in [0.1, 0.15) is 110 Å². The molecule has 2 heterocycles. The van der Waals surface area contributed by atoms with E-state index in [0.29, 0.717) is 17.8 Å². The lowest BCUT2D eigenvalue weighted by molar-refractivity contribution is -0.206. The summed E-state index contributed by atoms with van der Waals surface area (Å²) in [5.41, 5.74) is 12.4. The molecule has 13 heteroatoms. The van der Waals surface area contributed by atoms with Gasteiger partial charge in [-0.15, -0.1) is 0 Å². The highest BCUT2D eigenvalue weighted by Crippen LogP contribution is 2.37.